The number of benzene rings is 1. The van der Waals surface area contributed by atoms with Crippen molar-refractivity contribution in [1.82, 2.24) is 9.21 Å². The molecule has 0 radical (unpaired) electrons. The Morgan fingerprint density at radius 1 is 1.00 bits per heavy atom. The Morgan fingerprint density at radius 3 is 2.16 bits per heavy atom. The first-order chi connectivity index (χ1) is 11.9. The Bertz CT molecular complexity index is 692. The number of hydrogen-bond acceptors (Lipinski definition) is 4. The first kappa shape index (κ1) is 18.4. The summed E-state index contributed by atoms with van der Waals surface area (Å²) in [6, 6.07) is 9.20. The molecule has 2 N–H and O–H groups in total. The third kappa shape index (κ3) is 3.88. The fourth-order valence-corrected chi connectivity index (χ4v) is 5.59. The van der Waals surface area contributed by atoms with Crippen molar-refractivity contribution in [2.45, 2.75) is 43.4 Å². The fraction of sp³-hybridized carbons (Fsp3) is 0.611. The van der Waals surface area contributed by atoms with Gasteiger partial charge in [0.2, 0.25) is 15.9 Å². The quantitative estimate of drug-likeness (QED) is 0.853. The molecule has 0 unspecified atom stereocenters. The number of carbonyl (C=O) groups excluding carboxylic acids is 1. The molecular weight excluding hydrogens is 338 g/mol. The molecule has 0 aliphatic carbocycles. The highest BCUT2D eigenvalue weighted by Crippen LogP contribution is 2.32. The second-order valence-electron chi connectivity index (χ2n) is 7.08. The van der Waals surface area contributed by atoms with Crippen molar-refractivity contribution >= 4 is 15.9 Å². The van der Waals surface area contributed by atoms with Crippen molar-refractivity contribution in [1.29, 1.82) is 0 Å². The average Bonchev–Trinajstić information content (AvgIpc) is 2.63. The lowest BCUT2D eigenvalue weighted by atomic mass is 9.84. The summed E-state index contributed by atoms with van der Waals surface area (Å²) in [4.78, 5) is 14.4. The van der Waals surface area contributed by atoms with Crippen LogP contribution in [0, 0.1) is 0 Å². The van der Waals surface area contributed by atoms with Gasteiger partial charge in [0.15, 0.2) is 0 Å². The van der Waals surface area contributed by atoms with E-state index in [1.807, 2.05) is 30.3 Å². The van der Waals surface area contributed by atoms with E-state index >= 15 is 0 Å². The van der Waals surface area contributed by atoms with E-state index in [1.54, 1.807) is 0 Å². The molecule has 2 saturated heterocycles. The van der Waals surface area contributed by atoms with Crippen LogP contribution in [0.15, 0.2) is 30.3 Å². The molecule has 2 aliphatic rings. The van der Waals surface area contributed by atoms with E-state index < -0.39 is 15.6 Å². The molecule has 7 heteroatoms. The van der Waals surface area contributed by atoms with Crippen molar-refractivity contribution in [2.75, 3.05) is 26.2 Å². The first-order valence-electron chi connectivity index (χ1n) is 9.01. The van der Waals surface area contributed by atoms with Gasteiger partial charge in [-0.15, -0.1) is 0 Å². The molecule has 25 heavy (non-hydrogen) atoms. The molecule has 2 fully saturated rings. The Hall–Kier alpha value is -1.44. The summed E-state index contributed by atoms with van der Waals surface area (Å²) in [6.45, 7) is 2.46. The van der Waals surface area contributed by atoms with Crippen LogP contribution in [0.2, 0.25) is 0 Å². The van der Waals surface area contributed by atoms with E-state index in [9.17, 15) is 13.2 Å². The summed E-state index contributed by atoms with van der Waals surface area (Å²) < 4.78 is 26.9. The number of nitrogens with zero attached hydrogens (tertiary/aromatic N) is 2. The monoisotopic (exact) mass is 365 g/mol. The maximum absolute atomic E-state index is 12.7. The molecule has 1 amide bonds. The normalized spacial score (nSPS) is 22.6. The number of sulfonamides is 1. The zero-order valence-corrected chi connectivity index (χ0v) is 15.4. The number of primary amides is 1. The van der Waals surface area contributed by atoms with Gasteiger partial charge in [-0.1, -0.05) is 36.8 Å². The van der Waals surface area contributed by atoms with Crippen LogP contribution in [0.5, 0.6) is 0 Å². The van der Waals surface area contributed by atoms with E-state index in [-0.39, 0.29) is 11.7 Å². The van der Waals surface area contributed by atoms with Gasteiger partial charge in [-0.2, -0.15) is 0 Å². The lowest BCUT2D eigenvalue weighted by Gasteiger charge is -2.47. The van der Waals surface area contributed by atoms with Crippen molar-refractivity contribution in [3.63, 3.8) is 0 Å². The number of likely N-dealkylation sites (tertiary alicyclic amines) is 1. The zero-order valence-electron chi connectivity index (χ0n) is 14.6. The summed E-state index contributed by atoms with van der Waals surface area (Å²) in [5.74, 6) is -0.310. The first-order valence-corrected chi connectivity index (χ1v) is 10.6. The minimum Gasteiger partial charge on any atom is -0.368 e. The molecule has 0 aromatic heterocycles. The molecule has 3 rings (SSSR count). The molecule has 6 nitrogen and oxygen atoms in total. The predicted octanol–water partition coefficient (Wildman–Crippen LogP) is 1.32. The Morgan fingerprint density at radius 2 is 1.60 bits per heavy atom. The molecular formula is C18H27N3O3S. The highest BCUT2D eigenvalue weighted by Gasteiger charge is 2.46. The number of piperidine rings is 2. The fourth-order valence-electron chi connectivity index (χ4n) is 4.05. The molecule has 0 atom stereocenters. The lowest BCUT2D eigenvalue weighted by molar-refractivity contribution is -0.134. The van der Waals surface area contributed by atoms with Crippen molar-refractivity contribution in [3.05, 3.63) is 35.9 Å². The van der Waals surface area contributed by atoms with Gasteiger partial charge in [0.1, 0.15) is 5.54 Å². The predicted molar refractivity (Wildman–Crippen MR) is 97.2 cm³/mol. The van der Waals surface area contributed by atoms with Crippen LogP contribution in [-0.2, 0) is 20.6 Å². The van der Waals surface area contributed by atoms with Crippen LogP contribution in [-0.4, -0.2) is 55.2 Å². The zero-order chi connectivity index (χ0) is 17.9. The van der Waals surface area contributed by atoms with Crippen molar-refractivity contribution in [3.8, 4) is 0 Å². The summed E-state index contributed by atoms with van der Waals surface area (Å²) in [6.07, 6.45) is 4.30. The third-order valence-corrected chi connectivity index (χ3v) is 7.40. The Kier molecular flexibility index (Phi) is 5.46. The smallest absolute Gasteiger partial charge is 0.238 e. The highest BCUT2D eigenvalue weighted by atomic mass is 32.2. The molecule has 1 aromatic carbocycles. The van der Waals surface area contributed by atoms with Crippen LogP contribution in [0.25, 0.3) is 0 Å². The van der Waals surface area contributed by atoms with Crippen LogP contribution >= 0.6 is 0 Å². The molecule has 1 aromatic rings. The van der Waals surface area contributed by atoms with Crippen LogP contribution in [0.4, 0.5) is 0 Å². The van der Waals surface area contributed by atoms with Gasteiger partial charge in [0.25, 0.3) is 0 Å². The van der Waals surface area contributed by atoms with Crippen LogP contribution in [0.3, 0.4) is 0 Å². The third-order valence-electron chi connectivity index (χ3n) is 5.55. The van der Waals surface area contributed by atoms with E-state index in [0.29, 0.717) is 25.9 Å². The Labute approximate surface area is 150 Å². The minimum atomic E-state index is -3.38. The number of hydrogen-bond donors (Lipinski definition) is 1. The minimum absolute atomic E-state index is 0.00112. The molecule has 2 heterocycles. The lowest BCUT2D eigenvalue weighted by Crippen LogP contribution is -2.63. The molecule has 2 aliphatic heterocycles. The maximum Gasteiger partial charge on any atom is 0.238 e. The SMILES string of the molecule is NC(=O)C1(N2CCCCC2)CCN(S(=O)(=O)Cc2ccccc2)CC1. The van der Waals surface area contributed by atoms with E-state index in [2.05, 4.69) is 4.90 Å². The highest BCUT2D eigenvalue weighted by molar-refractivity contribution is 7.88. The van der Waals surface area contributed by atoms with Gasteiger partial charge in [-0.25, -0.2) is 12.7 Å². The van der Waals surface area contributed by atoms with E-state index in [0.717, 1.165) is 31.5 Å². The van der Waals surface area contributed by atoms with Crippen LogP contribution in [0.1, 0.15) is 37.7 Å². The van der Waals surface area contributed by atoms with Crippen molar-refractivity contribution in [2.24, 2.45) is 5.73 Å². The van der Waals surface area contributed by atoms with E-state index in [4.69, 9.17) is 5.73 Å². The van der Waals surface area contributed by atoms with Gasteiger partial charge in [-0.05, 0) is 44.3 Å². The summed E-state index contributed by atoms with van der Waals surface area (Å²) in [5.41, 5.74) is 5.86. The Balaban J connectivity index is 1.70. The van der Waals surface area contributed by atoms with Crippen LogP contribution < -0.4 is 5.73 Å². The van der Waals surface area contributed by atoms with E-state index in [1.165, 1.54) is 10.7 Å². The summed E-state index contributed by atoms with van der Waals surface area (Å²) in [5, 5.41) is 0. The van der Waals surface area contributed by atoms with Gasteiger partial charge >= 0.3 is 0 Å². The standard InChI is InChI=1S/C18H27N3O3S/c19-17(22)18(20-11-5-2-6-12-20)9-13-21(14-10-18)25(23,24)15-16-7-3-1-4-8-16/h1,3-4,7-8H,2,5-6,9-15H2,(H2,19,22). The van der Waals surface area contributed by atoms with Gasteiger partial charge < -0.3 is 5.73 Å². The largest absolute Gasteiger partial charge is 0.368 e. The number of nitrogens with two attached hydrogens (primary N) is 1. The second kappa shape index (κ2) is 7.43. The topological polar surface area (TPSA) is 83.7 Å². The van der Waals surface area contributed by atoms with Gasteiger partial charge in [0.05, 0.1) is 5.75 Å². The molecule has 0 spiro atoms. The number of carbonyl (C=O) groups is 1. The summed E-state index contributed by atoms with van der Waals surface area (Å²) >= 11 is 0. The number of rotatable bonds is 5. The number of amides is 1. The average molecular weight is 365 g/mol. The molecule has 0 bridgehead atoms. The van der Waals surface area contributed by atoms with Gasteiger partial charge in [0, 0.05) is 13.1 Å². The second-order valence-corrected chi connectivity index (χ2v) is 9.05. The molecule has 138 valence electrons. The molecule has 0 saturated carbocycles. The van der Waals surface area contributed by atoms with Gasteiger partial charge in [-0.3, -0.25) is 9.69 Å². The maximum atomic E-state index is 12.7. The summed E-state index contributed by atoms with van der Waals surface area (Å²) in [7, 11) is -3.38. The van der Waals surface area contributed by atoms with Crippen molar-refractivity contribution < 1.29 is 13.2 Å².